The first kappa shape index (κ1) is 20.8. The lowest BCUT2D eigenvalue weighted by Crippen LogP contribution is -2.28. The molecule has 0 aromatic heterocycles. The number of esters is 1. The quantitative estimate of drug-likeness (QED) is 0.505. The Bertz CT molecular complexity index is 840. The number of phenols is 1. The van der Waals surface area contributed by atoms with E-state index in [1.165, 1.54) is 20.3 Å². The molecular weight excluding hydrogens is 364 g/mol. The van der Waals surface area contributed by atoms with E-state index in [9.17, 15) is 19.8 Å². The van der Waals surface area contributed by atoms with Crippen molar-refractivity contribution in [3.05, 3.63) is 65.7 Å². The van der Waals surface area contributed by atoms with Gasteiger partial charge in [0.15, 0.2) is 11.5 Å². The number of phenolic OH excluding ortho intramolecular Hbond substituents is 1. The van der Waals surface area contributed by atoms with E-state index >= 15 is 0 Å². The zero-order valence-corrected chi connectivity index (χ0v) is 15.6. The first-order valence-electron chi connectivity index (χ1n) is 8.51. The standard InChI is InChI=1S/C21H22O7/c1-26-17-11-8-15(12-18(17)27-2)13-19(21(24)25)28-20(23)5-3-4-14-6-9-16(22)10-7-14/h3,5-12,19,22H,4,13H2,1-2H3,(H,24,25)/b5-3+. The van der Waals surface area contributed by atoms with Crippen LogP contribution in [0.15, 0.2) is 54.6 Å². The Morgan fingerprint density at radius 2 is 1.64 bits per heavy atom. The summed E-state index contributed by atoms with van der Waals surface area (Å²) in [7, 11) is 2.99. The maximum atomic E-state index is 12.0. The second-order valence-corrected chi connectivity index (χ2v) is 5.93. The normalized spacial score (nSPS) is 11.8. The highest BCUT2D eigenvalue weighted by Crippen LogP contribution is 2.28. The number of hydrogen-bond acceptors (Lipinski definition) is 6. The molecule has 148 valence electrons. The predicted octanol–water partition coefficient (Wildman–Crippen LogP) is 2.75. The number of carbonyl (C=O) groups excluding carboxylic acids is 1. The average molecular weight is 386 g/mol. The third kappa shape index (κ3) is 6.05. The molecule has 0 fully saturated rings. The second-order valence-electron chi connectivity index (χ2n) is 5.93. The van der Waals surface area contributed by atoms with E-state index in [-0.39, 0.29) is 12.2 Å². The molecule has 0 bridgehead atoms. The number of allylic oxidation sites excluding steroid dienone is 1. The van der Waals surface area contributed by atoms with Crippen LogP contribution in [0.25, 0.3) is 0 Å². The van der Waals surface area contributed by atoms with Crippen molar-refractivity contribution in [1.82, 2.24) is 0 Å². The van der Waals surface area contributed by atoms with Gasteiger partial charge in [0.2, 0.25) is 6.10 Å². The number of carboxylic acids is 1. The van der Waals surface area contributed by atoms with Gasteiger partial charge >= 0.3 is 11.9 Å². The molecule has 0 saturated carbocycles. The molecule has 7 nitrogen and oxygen atoms in total. The van der Waals surface area contributed by atoms with Gasteiger partial charge in [-0.1, -0.05) is 24.3 Å². The van der Waals surface area contributed by atoms with Gasteiger partial charge in [0.05, 0.1) is 14.2 Å². The number of ether oxygens (including phenoxy) is 3. The number of carboxylic acid groups (broad SMARTS) is 1. The predicted molar refractivity (Wildman–Crippen MR) is 102 cm³/mol. The van der Waals surface area contributed by atoms with Gasteiger partial charge in [0.25, 0.3) is 0 Å². The molecule has 2 aromatic rings. The first-order chi connectivity index (χ1) is 13.4. The Labute approximate surface area is 162 Å². The van der Waals surface area contributed by atoms with Crippen LogP contribution in [0.3, 0.4) is 0 Å². The molecule has 28 heavy (non-hydrogen) atoms. The molecule has 1 unspecified atom stereocenters. The highest BCUT2D eigenvalue weighted by molar-refractivity contribution is 5.85. The van der Waals surface area contributed by atoms with Crippen LogP contribution in [-0.2, 0) is 27.2 Å². The van der Waals surface area contributed by atoms with Crippen molar-refractivity contribution in [1.29, 1.82) is 0 Å². The molecule has 0 saturated heterocycles. The maximum Gasteiger partial charge on any atom is 0.345 e. The minimum atomic E-state index is -1.33. The SMILES string of the molecule is COc1ccc(CC(OC(=O)/C=C/Cc2ccc(O)cc2)C(=O)O)cc1OC. The monoisotopic (exact) mass is 386 g/mol. The molecule has 0 heterocycles. The van der Waals surface area contributed by atoms with Gasteiger partial charge in [0, 0.05) is 12.5 Å². The fourth-order valence-electron chi connectivity index (χ4n) is 2.50. The van der Waals surface area contributed by atoms with Crippen molar-refractivity contribution in [3.8, 4) is 17.2 Å². The van der Waals surface area contributed by atoms with Crippen molar-refractivity contribution in [2.75, 3.05) is 14.2 Å². The molecule has 2 N–H and O–H groups in total. The largest absolute Gasteiger partial charge is 0.508 e. The number of aromatic hydroxyl groups is 1. The number of hydrogen-bond donors (Lipinski definition) is 2. The lowest BCUT2D eigenvalue weighted by molar-refractivity contribution is -0.160. The molecule has 1 atom stereocenters. The van der Waals surface area contributed by atoms with Crippen molar-refractivity contribution < 1.29 is 34.0 Å². The van der Waals surface area contributed by atoms with Gasteiger partial charge in [-0.2, -0.15) is 0 Å². The summed E-state index contributed by atoms with van der Waals surface area (Å²) in [6, 6.07) is 11.5. The van der Waals surface area contributed by atoms with Gasteiger partial charge in [-0.25, -0.2) is 9.59 Å². The van der Waals surface area contributed by atoms with Gasteiger partial charge < -0.3 is 24.4 Å². The zero-order chi connectivity index (χ0) is 20.5. The van der Waals surface area contributed by atoms with Crippen LogP contribution in [0.2, 0.25) is 0 Å². The number of rotatable bonds is 9. The van der Waals surface area contributed by atoms with E-state index in [0.717, 1.165) is 5.56 Å². The third-order valence-electron chi connectivity index (χ3n) is 3.95. The molecule has 2 aromatic carbocycles. The number of aliphatic carboxylic acids is 1. The Balaban J connectivity index is 1.98. The third-order valence-corrected chi connectivity index (χ3v) is 3.95. The van der Waals surface area contributed by atoms with Crippen LogP contribution in [0.1, 0.15) is 11.1 Å². The average Bonchev–Trinajstić information content (AvgIpc) is 2.68. The molecule has 7 heteroatoms. The minimum absolute atomic E-state index is 0.00672. The van der Waals surface area contributed by atoms with Crippen LogP contribution in [0.4, 0.5) is 0 Å². The lowest BCUT2D eigenvalue weighted by Gasteiger charge is -2.14. The van der Waals surface area contributed by atoms with Crippen LogP contribution in [0.5, 0.6) is 17.2 Å². The van der Waals surface area contributed by atoms with Crippen LogP contribution in [0, 0.1) is 0 Å². The van der Waals surface area contributed by atoms with E-state index in [1.54, 1.807) is 48.5 Å². The molecule has 0 radical (unpaired) electrons. The van der Waals surface area contributed by atoms with Gasteiger partial charge in [0.1, 0.15) is 5.75 Å². The van der Waals surface area contributed by atoms with E-state index < -0.39 is 18.0 Å². The van der Waals surface area contributed by atoms with Crippen molar-refractivity contribution in [2.24, 2.45) is 0 Å². The lowest BCUT2D eigenvalue weighted by atomic mass is 10.1. The second kappa shape index (κ2) is 10.0. The highest BCUT2D eigenvalue weighted by Gasteiger charge is 2.22. The molecule has 0 spiro atoms. The van der Waals surface area contributed by atoms with Crippen LogP contribution in [-0.4, -0.2) is 42.5 Å². The van der Waals surface area contributed by atoms with Gasteiger partial charge in [-0.05, 0) is 41.8 Å². The van der Waals surface area contributed by atoms with E-state index in [2.05, 4.69) is 0 Å². The molecule has 0 aliphatic rings. The van der Waals surface area contributed by atoms with E-state index in [1.807, 2.05) is 0 Å². The van der Waals surface area contributed by atoms with Gasteiger partial charge in [-0.3, -0.25) is 0 Å². The summed E-state index contributed by atoms with van der Waals surface area (Å²) in [4.78, 5) is 23.4. The summed E-state index contributed by atoms with van der Waals surface area (Å²) in [5.74, 6) is -0.843. The summed E-state index contributed by atoms with van der Waals surface area (Å²) in [5, 5.41) is 18.6. The smallest absolute Gasteiger partial charge is 0.345 e. The number of carbonyl (C=O) groups is 2. The minimum Gasteiger partial charge on any atom is -0.508 e. The summed E-state index contributed by atoms with van der Waals surface area (Å²) in [6.45, 7) is 0. The number of benzene rings is 2. The van der Waals surface area contributed by atoms with E-state index in [0.29, 0.717) is 23.5 Å². The molecule has 0 amide bonds. The molecule has 2 rings (SSSR count). The van der Waals surface area contributed by atoms with Gasteiger partial charge in [-0.15, -0.1) is 0 Å². The molecular formula is C21H22O7. The first-order valence-corrected chi connectivity index (χ1v) is 8.51. The highest BCUT2D eigenvalue weighted by atomic mass is 16.6. The summed E-state index contributed by atoms with van der Waals surface area (Å²) in [6.07, 6.45) is 1.88. The summed E-state index contributed by atoms with van der Waals surface area (Å²) in [5.41, 5.74) is 1.52. The Kier molecular flexibility index (Phi) is 7.45. The fourth-order valence-corrected chi connectivity index (χ4v) is 2.50. The van der Waals surface area contributed by atoms with Crippen molar-refractivity contribution in [3.63, 3.8) is 0 Å². The topological polar surface area (TPSA) is 102 Å². The van der Waals surface area contributed by atoms with E-state index in [4.69, 9.17) is 14.2 Å². The maximum absolute atomic E-state index is 12.0. The Morgan fingerprint density at radius 3 is 2.25 bits per heavy atom. The number of methoxy groups -OCH3 is 2. The van der Waals surface area contributed by atoms with Crippen LogP contribution >= 0.6 is 0 Å². The van der Waals surface area contributed by atoms with Crippen LogP contribution < -0.4 is 9.47 Å². The summed E-state index contributed by atoms with van der Waals surface area (Å²) < 4.78 is 15.4. The summed E-state index contributed by atoms with van der Waals surface area (Å²) >= 11 is 0. The van der Waals surface area contributed by atoms with Crippen molar-refractivity contribution >= 4 is 11.9 Å². The molecule has 0 aliphatic heterocycles. The zero-order valence-electron chi connectivity index (χ0n) is 15.6. The Hall–Kier alpha value is -3.48. The Morgan fingerprint density at radius 1 is 1.00 bits per heavy atom. The fraction of sp³-hybridized carbons (Fsp3) is 0.238. The van der Waals surface area contributed by atoms with Crippen molar-refractivity contribution in [2.45, 2.75) is 18.9 Å². The molecule has 0 aliphatic carbocycles.